The van der Waals surface area contributed by atoms with Crippen molar-refractivity contribution >= 4 is 18.3 Å². The zero-order chi connectivity index (χ0) is 32.6. The quantitative estimate of drug-likeness (QED) is 0.276. The molecule has 2 aromatic carbocycles. The van der Waals surface area contributed by atoms with Crippen LogP contribution in [0.4, 0.5) is 4.39 Å². The molecule has 260 valence electrons. The predicted molar refractivity (Wildman–Crippen MR) is 189 cm³/mol. The van der Waals surface area contributed by atoms with Crippen LogP contribution < -0.4 is 15.8 Å². The van der Waals surface area contributed by atoms with Crippen LogP contribution in [-0.2, 0) is 17.8 Å². The number of nitrogens with one attached hydrogen (secondary N) is 1. The van der Waals surface area contributed by atoms with E-state index in [-0.39, 0.29) is 41.8 Å². The van der Waals surface area contributed by atoms with Crippen LogP contribution in [0, 0.1) is 5.82 Å². The van der Waals surface area contributed by atoms with E-state index in [4.69, 9.17) is 15.2 Å². The molecule has 0 atom stereocenters. The number of rotatable bonds is 11. The third kappa shape index (κ3) is 9.31. The maximum Gasteiger partial charge on any atom is 0.257 e. The summed E-state index contributed by atoms with van der Waals surface area (Å²) in [6, 6.07) is 16.1. The second-order valence-corrected chi connectivity index (χ2v) is 13.1. The molecule has 3 aromatic rings. The summed E-state index contributed by atoms with van der Waals surface area (Å²) >= 11 is 0. The average molecular weight is 681 g/mol. The Morgan fingerprint density at radius 1 is 0.958 bits per heavy atom. The van der Waals surface area contributed by atoms with Crippen molar-refractivity contribution in [3.05, 3.63) is 77.2 Å². The molecule has 0 radical (unpaired) electrons. The highest BCUT2D eigenvalue weighted by Crippen LogP contribution is 2.39. The lowest BCUT2D eigenvalue weighted by Crippen LogP contribution is -2.46. The number of ether oxygens (including phenoxy) is 2. The van der Waals surface area contributed by atoms with Gasteiger partial charge in [0.25, 0.3) is 5.91 Å². The van der Waals surface area contributed by atoms with E-state index in [2.05, 4.69) is 56.2 Å². The second-order valence-electron chi connectivity index (χ2n) is 13.1. The molecule has 1 amide bonds. The van der Waals surface area contributed by atoms with Gasteiger partial charge in [-0.2, -0.15) is 0 Å². The molecule has 48 heavy (non-hydrogen) atoms. The third-order valence-electron chi connectivity index (χ3n) is 9.68. The molecule has 1 aliphatic carbocycles. The number of amides is 1. The molecule has 6 rings (SSSR count). The third-order valence-corrected chi connectivity index (χ3v) is 9.68. The molecule has 3 fully saturated rings. The lowest BCUT2D eigenvalue weighted by Gasteiger charge is -2.35. The fourth-order valence-electron chi connectivity index (χ4n) is 6.98. The average Bonchev–Trinajstić information content (AvgIpc) is 3.09. The van der Waals surface area contributed by atoms with Gasteiger partial charge in [0.2, 0.25) is 5.88 Å². The van der Waals surface area contributed by atoms with Crippen molar-refractivity contribution in [3.63, 3.8) is 0 Å². The highest BCUT2D eigenvalue weighted by Gasteiger charge is 2.27. The number of carbonyl (C=O) groups excluding carboxylic acids is 1. The molecule has 3 N–H and O–H groups in total. The minimum Gasteiger partial charge on any atom is -0.437 e. The Kier molecular flexibility index (Phi) is 13.2. The largest absolute Gasteiger partial charge is 0.437 e. The summed E-state index contributed by atoms with van der Waals surface area (Å²) in [7, 11) is 0. The molecule has 2 aliphatic heterocycles. The van der Waals surface area contributed by atoms with E-state index in [1.54, 1.807) is 0 Å². The Bertz CT molecular complexity index is 1480. The standard InChI is InChI=1S/C37H49FN6O3.ClH/c1-2-14-42-15-17-43(18-16-42)26-34-32(27-6-4-3-5-7-27)13-8-28(25-44-19-21-46-22-20-44)35(34)47-37-33(23-29(38)24-40-37)36(45)41-31-11-9-30(39)10-12-31;/h3-8,13,23-24,30-31H,2,9-12,14-22,25-26,39H2,1H3,(H,41,45);1H. The summed E-state index contributed by atoms with van der Waals surface area (Å²) < 4.78 is 27.1. The molecule has 3 aliphatic rings. The van der Waals surface area contributed by atoms with Crippen molar-refractivity contribution in [1.82, 2.24) is 25.0 Å². The van der Waals surface area contributed by atoms with Gasteiger partial charge in [-0.05, 0) is 55.8 Å². The van der Waals surface area contributed by atoms with E-state index in [0.717, 1.165) is 106 Å². The van der Waals surface area contributed by atoms with Gasteiger partial charge in [0.05, 0.1) is 19.4 Å². The van der Waals surface area contributed by atoms with Crippen LogP contribution in [0.1, 0.15) is 60.5 Å². The maximum absolute atomic E-state index is 14.7. The van der Waals surface area contributed by atoms with Gasteiger partial charge in [0, 0.05) is 75.6 Å². The number of halogens is 2. The molecule has 9 nitrogen and oxygen atoms in total. The van der Waals surface area contributed by atoms with Crippen LogP contribution in [0.15, 0.2) is 54.7 Å². The number of benzene rings is 2. The zero-order valence-corrected chi connectivity index (χ0v) is 28.9. The van der Waals surface area contributed by atoms with Crippen molar-refractivity contribution in [2.75, 3.05) is 59.0 Å². The summed E-state index contributed by atoms with van der Waals surface area (Å²) in [5.74, 6) is -0.163. The molecule has 2 saturated heterocycles. The fourth-order valence-corrected chi connectivity index (χ4v) is 6.98. The molecular formula is C37H50ClFN6O3. The van der Waals surface area contributed by atoms with E-state index >= 15 is 0 Å². The minimum absolute atomic E-state index is 0. The Hall–Kier alpha value is -3.12. The van der Waals surface area contributed by atoms with Crippen LogP contribution >= 0.6 is 12.4 Å². The maximum atomic E-state index is 14.7. The van der Waals surface area contributed by atoms with E-state index < -0.39 is 5.82 Å². The summed E-state index contributed by atoms with van der Waals surface area (Å²) in [4.78, 5) is 25.4. The molecule has 0 spiro atoms. The van der Waals surface area contributed by atoms with Gasteiger partial charge in [0.15, 0.2) is 0 Å². The fraction of sp³-hybridized carbons (Fsp3) is 0.514. The lowest BCUT2D eigenvalue weighted by atomic mass is 9.91. The number of hydrogen-bond donors (Lipinski definition) is 2. The summed E-state index contributed by atoms with van der Waals surface area (Å²) in [5, 5.41) is 3.11. The lowest BCUT2D eigenvalue weighted by molar-refractivity contribution is 0.0339. The van der Waals surface area contributed by atoms with E-state index in [1.807, 2.05) is 18.2 Å². The summed E-state index contributed by atoms with van der Waals surface area (Å²) in [5.41, 5.74) is 10.4. The van der Waals surface area contributed by atoms with Crippen LogP contribution in [0.2, 0.25) is 0 Å². The van der Waals surface area contributed by atoms with Gasteiger partial charge < -0.3 is 25.4 Å². The van der Waals surface area contributed by atoms with Crippen LogP contribution in [0.3, 0.4) is 0 Å². The molecule has 0 bridgehead atoms. The van der Waals surface area contributed by atoms with Gasteiger partial charge >= 0.3 is 0 Å². The Balaban J connectivity index is 0.00000451. The molecule has 11 heteroatoms. The molecule has 1 saturated carbocycles. The highest BCUT2D eigenvalue weighted by molar-refractivity contribution is 5.96. The van der Waals surface area contributed by atoms with Gasteiger partial charge in [-0.15, -0.1) is 12.4 Å². The zero-order valence-electron chi connectivity index (χ0n) is 28.0. The highest BCUT2D eigenvalue weighted by atomic mass is 35.5. The van der Waals surface area contributed by atoms with E-state index in [0.29, 0.717) is 32.1 Å². The normalized spacial score (nSPS) is 21.0. The molecular weight excluding hydrogens is 631 g/mol. The number of piperazine rings is 1. The van der Waals surface area contributed by atoms with E-state index in [9.17, 15) is 9.18 Å². The van der Waals surface area contributed by atoms with Gasteiger partial charge in [0.1, 0.15) is 17.1 Å². The van der Waals surface area contributed by atoms with Crippen LogP contribution in [0.5, 0.6) is 11.6 Å². The number of pyridine rings is 1. The first-order valence-corrected chi connectivity index (χ1v) is 17.3. The minimum atomic E-state index is -0.579. The van der Waals surface area contributed by atoms with E-state index in [1.165, 1.54) is 6.07 Å². The van der Waals surface area contributed by atoms with Gasteiger partial charge in [-0.1, -0.05) is 49.4 Å². The van der Waals surface area contributed by atoms with Gasteiger partial charge in [-0.3, -0.25) is 14.6 Å². The molecule has 3 heterocycles. The Labute approximate surface area is 290 Å². The number of nitrogens with two attached hydrogens (primary N) is 1. The number of carbonyl (C=O) groups is 1. The van der Waals surface area contributed by atoms with Crippen molar-refractivity contribution in [2.45, 2.75) is 64.2 Å². The summed E-state index contributed by atoms with van der Waals surface area (Å²) in [6.07, 6.45) is 5.57. The number of nitrogens with zero attached hydrogens (tertiary/aromatic N) is 4. The van der Waals surface area contributed by atoms with Crippen molar-refractivity contribution in [2.24, 2.45) is 5.73 Å². The van der Waals surface area contributed by atoms with Crippen LogP contribution in [-0.4, -0.2) is 96.7 Å². The SMILES string of the molecule is CCCN1CCN(Cc2c(-c3ccccc3)ccc(CN3CCOCC3)c2Oc2ncc(F)cc2C(=O)NC2CCC(N)CC2)CC1.Cl. The number of morpholine rings is 1. The first kappa shape index (κ1) is 36.2. The first-order chi connectivity index (χ1) is 23.0. The molecule has 0 unspecified atom stereocenters. The topological polar surface area (TPSA) is 96.2 Å². The number of aromatic nitrogens is 1. The number of hydrogen-bond acceptors (Lipinski definition) is 8. The Morgan fingerprint density at radius 3 is 2.35 bits per heavy atom. The summed E-state index contributed by atoms with van der Waals surface area (Å²) in [6.45, 7) is 11.6. The monoisotopic (exact) mass is 680 g/mol. The Morgan fingerprint density at radius 2 is 1.65 bits per heavy atom. The first-order valence-electron chi connectivity index (χ1n) is 17.3. The second kappa shape index (κ2) is 17.5. The van der Waals surface area contributed by atoms with Crippen molar-refractivity contribution in [3.8, 4) is 22.8 Å². The van der Waals surface area contributed by atoms with Gasteiger partial charge in [-0.25, -0.2) is 9.37 Å². The smallest absolute Gasteiger partial charge is 0.257 e. The van der Waals surface area contributed by atoms with Crippen molar-refractivity contribution in [1.29, 1.82) is 0 Å². The predicted octanol–water partition coefficient (Wildman–Crippen LogP) is 5.46. The van der Waals surface area contributed by atoms with Crippen LogP contribution in [0.25, 0.3) is 11.1 Å². The van der Waals surface area contributed by atoms with Crippen molar-refractivity contribution < 1.29 is 18.7 Å². The molecule has 1 aromatic heterocycles.